The summed E-state index contributed by atoms with van der Waals surface area (Å²) in [5.41, 5.74) is 11.4. The molecule has 0 radical (unpaired) electrons. The highest BCUT2D eigenvalue weighted by atomic mass is 16.4. The third-order valence-corrected chi connectivity index (χ3v) is 8.35. The number of rotatable bonds is 7. The minimum Gasteiger partial charge on any atom is -0.419 e. The van der Waals surface area contributed by atoms with Crippen LogP contribution in [0.25, 0.3) is 22.6 Å². The molecule has 3 N–H and O–H groups in total. The molecule has 2 aliphatic heterocycles. The Balaban J connectivity index is 1.38. The van der Waals surface area contributed by atoms with E-state index in [0.717, 1.165) is 68.3 Å². The zero-order valence-electron chi connectivity index (χ0n) is 23.1. The van der Waals surface area contributed by atoms with E-state index < -0.39 is 0 Å². The molecule has 0 saturated carbocycles. The number of nitrogens with zero attached hydrogens (tertiary/aromatic N) is 3. The van der Waals surface area contributed by atoms with Gasteiger partial charge in [-0.1, -0.05) is 61.9 Å². The minimum absolute atomic E-state index is 0.0476. The molecule has 0 bridgehead atoms. The molecule has 0 spiro atoms. The second kappa shape index (κ2) is 11.6. The number of para-hydroxylation sites is 1. The Hall–Kier alpha value is -3.97. The third-order valence-electron chi connectivity index (χ3n) is 8.35. The van der Waals surface area contributed by atoms with Crippen LogP contribution in [0, 0.1) is 0 Å². The lowest BCUT2D eigenvalue weighted by atomic mass is 9.85. The second-order valence-electron chi connectivity index (χ2n) is 11.0. The monoisotopic (exact) mass is 535 g/mol. The molecule has 2 fully saturated rings. The Morgan fingerprint density at radius 1 is 1.00 bits per heavy atom. The smallest absolute Gasteiger partial charge is 0.254 e. The fourth-order valence-electron chi connectivity index (χ4n) is 6.38. The molecule has 3 aromatic carbocycles. The van der Waals surface area contributed by atoms with Gasteiger partial charge in [-0.25, -0.2) is 0 Å². The van der Waals surface area contributed by atoms with Gasteiger partial charge in [0.05, 0.1) is 6.04 Å². The largest absolute Gasteiger partial charge is 0.419 e. The summed E-state index contributed by atoms with van der Waals surface area (Å²) in [6, 6.07) is 24.3. The number of piperidine rings is 1. The molecule has 3 atom stereocenters. The van der Waals surface area contributed by atoms with Crippen LogP contribution in [-0.2, 0) is 0 Å². The maximum Gasteiger partial charge on any atom is 0.254 e. The Labute approximate surface area is 235 Å². The first-order chi connectivity index (χ1) is 19.6. The number of benzene rings is 3. The van der Waals surface area contributed by atoms with Crippen molar-refractivity contribution in [3.8, 4) is 22.6 Å². The molecule has 206 valence electrons. The number of nitrogens with two attached hydrogens (primary N) is 1. The SMILES string of the molecule is CCCC1CCCN1C(=O)c1cc(-c2nnc(C3NCCCC3c3ccccc3)o2)cc(-c2ccccc2N)c1. The second-order valence-corrected chi connectivity index (χ2v) is 11.0. The highest BCUT2D eigenvalue weighted by Gasteiger charge is 2.33. The van der Waals surface area contributed by atoms with Crippen LogP contribution in [0.5, 0.6) is 0 Å². The molecule has 2 saturated heterocycles. The first kappa shape index (κ1) is 26.3. The quantitative estimate of drug-likeness (QED) is 0.259. The molecule has 7 nitrogen and oxygen atoms in total. The number of anilines is 1. The Bertz CT molecular complexity index is 1470. The molecule has 1 amide bonds. The van der Waals surface area contributed by atoms with Gasteiger partial charge in [0.2, 0.25) is 11.8 Å². The van der Waals surface area contributed by atoms with Crippen molar-refractivity contribution in [3.63, 3.8) is 0 Å². The van der Waals surface area contributed by atoms with Gasteiger partial charge < -0.3 is 20.4 Å². The molecular weight excluding hydrogens is 498 g/mol. The number of carbonyl (C=O) groups excluding carboxylic acids is 1. The Morgan fingerprint density at radius 2 is 1.80 bits per heavy atom. The van der Waals surface area contributed by atoms with Gasteiger partial charge in [0.1, 0.15) is 0 Å². The fourth-order valence-corrected chi connectivity index (χ4v) is 6.38. The first-order valence-electron chi connectivity index (χ1n) is 14.6. The van der Waals surface area contributed by atoms with Crippen LogP contribution >= 0.6 is 0 Å². The predicted octanol–water partition coefficient (Wildman–Crippen LogP) is 6.60. The van der Waals surface area contributed by atoms with Crippen LogP contribution in [0.4, 0.5) is 5.69 Å². The van der Waals surface area contributed by atoms with Crippen LogP contribution in [0.15, 0.2) is 77.2 Å². The van der Waals surface area contributed by atoms with Crippen molar-refractivity contribution in [2.75, 3.05) is 18.8 Å². The van der Waals surface area contributed by atoms with E-state index in [-0.39, 0.29) is 23.9 Å². The van der Waals surface area contributed by atoms with Gasteiger partial charge in [-0.15, -0.1) is 10.2 Å². The number of carbonyl (C=O) groups is 1. The van der Waals surface area contributed by atoms with Gasteiger partial charge in [0.25, 0.3) is 5.91 Å². The predicted molar refractivity (Wildman–Crippen MR) is 158 cm³/mol. The van der Waals surface area contributed by atoms with Crippen LogP contribution in [0.3, 0.4) is 0 Å². The standard InChI is InChI=1S/C33H37N5O2/c1-2-10-26-13-9-18-38(26)33(39)25-20-23(27-14-6-7-16-29(27)34)19-24(21-25)31-36-37-32(40-31)30-28(15-8-17-35-30)22-11-4-3-5-12-22/h3-7,11-12,14,16,19-21,26,28,30,35H,2,8-10,13,15,17-18,34H2,1H3. The number of amides is 1. The third kappa shape index (κ3) is 5.26. The lowest BCUT2D eigenvalue weighted by Gasteiger charge is -2.30. The topological polar surface area (TPSA) is 97.3 Å². The molecular formula is C33H37N5O2. The molecule has 40 heavy (non-hydrogen) atoms. The van der Waals surface area contributed by atoms with E-state index in [0.29, 0.717) is 23.0 Å². The van der Waals surface area contributed by atoms with Crippen molar-refractivity contribution in [2.45, 2.75) is 63.5 Å². The van der Waals surface area contributed by atoms with Gasteiger partial charge in [0.15, 0.2) is 0 Å². The Morgan fingerprint density at radius 3 is 2.62 bits per heavy atom. The van der Waals surface area contributed by atoms with Crippen LogP contribution in [-0.4, -0.2) is 40.1 Å². The summed E-state index contributed by atoms with van der Waals surface area (Å²) in [6.07, 6.45) is 6.33. The van der Waals surface area contributed by atoms with E-state index in [1.54, 1.807) is 0 Å². The maximum atomic E-state index is 13.9. The molecule has 2 aliphatic rings. The molecule has 3 heterocycles. The van der Waals surface area contributed by atoms with Gasteiger partial charge in [-0.3, -0.25) is 4.79 Å². The molecule has 4 aromatic rings. The summed E-state index contributed by atoms with van der Waals surface area (Å²) in [7, 11) is 0. The number of nitrogen functional groups attached to an aromatic ring is 1. The average molecular weight is 536 g/mol. The molecule has 3 unspecified atom stereocenters. The molecule has 7 heteroatoms. The van der Waals surface area contributed by atoms with Crippen molar-refractivity contribution in [1.29, 1.82) is 0 Å². The Kier molecular flexibility index (Phi) is 7.64. The summed E-state index contributed by atoms with van der Waals surface area (Å²) in [5, 5.41) is 12.6. The first-order valence-corrected chi connectivity index (χ1v) is 14.6. The van der Waals surface area contributed by atoms with Gasteiger partial charge in [-0.05, 0) is 74.0 Å². The van der Waals surface area contributed by atoms with Gasteiger partial charge in [-0.2, -0.15) is 0 Å². The summed E-state index contributed by atoms with van der Waals surface area (Å²) in [5.74, 6) is 1.28. The molecule has 6 rings (SSSR count). The lowest BCUT2D eigenvalue weighted by molar-refractivity contribution is 0.0730. The number of hydrogen-bond donors (Lipinski definition) is 2. The van der Waals surface area contributed by atoms with E-state index in [4.69, 9.17) is 10.2 Å². The average Bonchev–Trinajstić information content (AvgIpc) is 3.68. The lowest BCUT2D eigenvalue weighted by Crippen LogP contribution is -2.35. The van der Waals surface area contributed by atoms with Crippen molar-refractivity contribution >= 4 is 11.6 Å². The van der Waals surface area contributed by atoms with Gasteiger partial charge >= 0.3 is 0 Å². The number of aromatic nitrogens is 2. The van der Waals surface area contributed by atoms with Crippen LogP contribution in [0.1, 0.15) is 79.2 Å². The van der Waals surface area contributed by atoms with Crippen molar-refractivity contribution in [3.05, 3.63) is 89.8 Å². The molecule has 1 aromatic heterocycles. The van der Waals surface area contributed by atoms with E-state index in [2.05, 4.69) is 46.7 Å². The summed E-state index contributed by atoms with van der Waals surface area (Å²) < 4.78 is 6.36. The highest BCUT2D eigenvalue weighted by Crippen LogP contribution is 2.38. The van der Waals surface area contributed by atoms with E-state index in [9.17, 15) is 4.79 Å². The fraction of sp³-hybridized carbons (Fsp3) is 0.364. The maximum absolute atomic E-state index is 13.9. The normalized spacial score (nSPS) is 21.0. The van der Waals surface area contributed by atoms with E-state index >= 15 is 0 Å². The minimum atomic E-state index is -0.0640. The zero-order chi connectivity index (χ0) is 27.5. The summed E-state index contributed by atoms with van der Waals surface area (Å²) in [6.45, 7) is 3.87. The highest BCUT2D eigenvalue weighted by molar-refractivity contribution is 5.98. The van der Waals surface area contributed by atoms with Crippen LogP contribution in [0.2, 0.25) is 0 Å². The van der Waals surface area contributed by atoms with E-state index in [1.165, 1.54) is 5.56 Å². The number of likely N-dealkylation sites (tertiary alicyclic amines) is 1. The number of nitrogens with one attached hydrogen (secondary N) is 1. The number of hydrogen-bond acceptors (Lipinski definition) is 6. The zero-order valence-corrected chi connectivity index (χ0v) is 23.1. The molecule has 0 aliphatic carbocycles. The van der Waals surface area contributed by atoms with Crippen LogP contribution < -0.4 is 11.1 Å². The summed E-state index contributed by atoms with van der Waals surface area (Å²) in [4.78, 5) is 15.9. The summed E-state index contributed by atoms with van der Waals surface area (Å²) >= 11 is 0. The van der Waals surface area contributed by atoms with Crippen molar-refractivity contribution in [1.82, 2.24) is 20.4 Å². The van der Waals surface area contributed by atoms with Crippen molar-refractivity contribution in [2.24, 2.45) is 0 Å². The van der Waals surface area contributed by atoms with Crippen molar-refractivity contribution < 1.29 is 9.21 Å². The van der Waals surface area contributed by atoms with E-state index in [1.807, 2.05) is 53.4 Å². The van der Waals surface area contributed by atoms with Gasteiger partial charge in [0, 0.05) is 40.9 Å².